The summed E-state index contributed by atoms with van der Waals surface area (Å²) < 4.78 is 38.7. The summed E-state index contributed by atoms with van der Waals surface area (Å²) in [6.45, 7) is 0. The second kappa shape index (κ2) is 14.3. The van der Waals surface area contributed by atoms with Gasteiger partial charge >= 0.3 is 6.18 Å². The summed E-state index contributed by atoms with van der Waals surface area (Å²) in [7, 11) is 0. The van der Waals surface area contributed by atoms with E-state index in [0.29, 0.717) is 26.7 Å². The molecule has 0 heterocycles. The molecule has 0 unspecified atom stereocenters. The SMILES string of the molecule is O=C(CSc1ccc(NC(=O)/C(=C/c2ccc(Cl)cc2Cl)NC(=O)c2ccccc2)cc1)Nc1cccc(C(F)(F)F)c1. The summed E-state index contributed by atoms with van der Waals surface area (Å²) in [4.78, 5) is 39.0. The van der Waals surface area contributed by atoms with Gasteiger partial charge < -0.3 is 16.0 Å². The summed E-state index contributed by atoms with van der Waals surface area (Å²) >= 11 is 13.4. The molecule has 0 spiro atoms. The first-order chi connectivity index (χ1) is 20.5. The molecule has 4 rings (SSSR count). The molecule has 12 heteroatoms. The first kappa shape index (κ1) is 31.7. The van der Waals surface area contributed by atoms with Gasteiger partial charge in [0.1, 0.15) is 5.70 Å². The second-order valence-corrected chi connectivity index (χ2v) is 10.8. The van der Waals surface area contributed by atoms with E-state index in [-0.39, 0.29) is 22.2 Å². The Morgan fingerprint density at radius 3 is 2.19 bits per heavy atom. The van der Waals surface area contributed by atoms with Gasteiger partial charge in [0.25, 0.3) is 11.8 Å². The molecular formula is C31H22Cl2F3N3O3S. The van der Waals surface area contributed by atoms with E-state index in [1.807, 2.05) is 0 Å². The average molecular weight is 645 g/mol. The minimum Gasteiger partial charge on any atom is -0.325 e. The maximum atomic E-state index is 13.2. The van der Waals surface area contributed by atoms with Gasteiger partial charge in [0.05, 0.1) is 11.3 Å². The van der Waals surface area contributed by atoms with E-state index in [9.17, 15) is 27.6 Å². The van der Waals surface area contributed by atoms with E-state index >= 15 is 0 Å². The summed E-state index contributed by atoms with van der Waals surface area (Å²) in [5, 5.41) is 8.49. The van der Waals surface area contributed by atoms with Crippen LogP contribution in [0.2, 0.25) is 10.0 Å². The van der Waals surface area contributed by atoms with Crippen LogP contribution in [0, 0.1) is 0 Å². The predicted octanol–water partition coefficient (Wildman–Crippen LogP) is 8.15. The van der Waals surface area contributed by atoms with Crippen molar-refractivity contribution in [1.29, 1.82) is 0 Å². The molecule has 220 valence electrons. The Labute approximate surface area is 259 Å². The van der Waals surface area contributed by atoms with Crippen LogP contribution in [-0.2, 0) is 15.8 Å². The van der Waals surface area contributed by atoms with E-state index in [4.69, 9.17) is 23.2 Å². The molecular weight excluding hydrogens is 622 g/mol. The number of thioether (sulfide) groups is 1. The van der Waals surface area contributed by atoms with Crippen LogP contribution in [0.5, 0.6) is 0 Å². The zero-order valence-corrected chi connectivity index (χ0v) is 24.4. The summed E-state index contributed by atoms with van der Waals surface area (Å²) in [6, 6.07) is 24.0. The third-order valence-corrected chi connectivity index (χ3v) is 7.32. The number of anilines is 2. The van der Waals surface area contributed by atoms with Gasteiger partial charge in [-0.05, 0) is 78.4 Å². The molecule has 0 saturated heterocycles. The molecule has 0 saturated carbocycles. The zero-order valence-electron chi connectivity index (χ0n) is 22.0. The van der Waals surface area contributed by atoms with Crippen molar-refractivity contribution in [3.05, 3.63) is 129 Å². The number of amides is 3. The van der Waals surface area contributed by atoms with Crippen molar-refractivity contribution < 1.29 is 27.6 Å². The van der Waals surface area contributed by atoms with Crippen LogP contribution in [-0.4, -0.2) is 23.5 Å². The molecule has 0 fully saturated rings. The standard InChI is InChI=1S/C31H22Cl2F3N3O3S/c32-22-10-9-20(26(33)17-22)15-27(39-29(41)19-5-2-1-3-6-19)30(42)38-23-11-13-25(14-12-23)43-18-28(40)37-24-8-4-7-21(16-24)31(34,35)36/h1-17H,18H2,(H,37,40)(H,38,42)(H,39,41)/b27-15-. The lowest BCUT2D eigenvalue weighted by molar-refractivity contribution is -0.137. The Morgan fingerprint density at radius 2 is 1.51 bits per heavy atom. The fourth-order valence-electron chi connectivity index (χ4n) is 3.67. The number of carbonyl (C=O) groups excluding carboxylic acids is 3. The molecule has 0 aromatic heterocycles. The number of alkyl halides is 3. The monoisotopic (exact) mass is 643 g/mol. The number of hydrogen-bond acceptors (Lipinski definition) is 4. The zero-order chi connectivity index (χ0) is 31.0. The van der Waals surface area contributed by atoms with Crippen LogP contribution in [0.15, 0.2) is 108 Å². The fraction of sp³-hybridized carbons (Fsp3) is 0.0645. The molecule has 0 radical (unpaired) electrons. The van der Waals surface area contributed by atoms with Crippen molar-refractivity contribution in [2.75, 3.05) is 16.4 Å². The van der Waals surface area contributed by atoms with Crippen LogP contribution in [0.1, 0.15) is 21.5 Å². The van der Waals surface area contributed by atoms with Crippen LogP contribution >= 0.6 is 35.0 Å². The quantitative estimate of drug-likeness (QED) is 0.127. The number of nitrogens with one attached hydrogen (secondary N) is 3. The van der Waals surface area contributed by atoms with Crippen LogP contribution in [0.25, 0.3) is 6.08 Å². The van der Waals surface area contributed by atoms with Crippen molar-refractivity contribution in [2.24, 2.45) is 0 Å². The van der Waals surface area contributed by atoms with Crippen LogP contribution < -0.4 is 16.0 Å². The Balaban J connectivity index is 1.41. The molecule has 0 aliphatic heterocycles. The normalized spacial score (nSPS) is 11.5. The lowest BCUT2D eigenvalue weighted by Crippen LogP contribution is -2.30. The Bertz CT molecular complexity index is 1660. The summed E-state index contributed by atoms with van der Waals surface area (Å²) in [5.74, 6) is -1.65. The minimum absolute atomic E-state index is 0.0431. The highest BCUT2D eigenvalue weighted by atomic mass is 35.5. The van der Waals surface area contributed by atoms with Gasteiger partial charge in [0, 0.05) is 31.9 Å². The topological polar surface area (TPSA) is 87.3 Å². The molecule has 3 amide bonds. The van der Waals surface area contributed by atoms with E-state index < -0.39 is 29.5 Å². The average Bonchev–Trinajstić information content (AvgIpc) is 2.98. The third-order valence-electron chi connectivity index (χ3n) is 5.75. The lowest BCUT2D eigenvalue weighted by atomic mass is 10.1. The van der Waals surface area contributed by atoms with Crippen molar-refractivity contribution in [3.8, 4) is 0 Å². The third kappa shape index (κ3) is 9.37. The largest absolute Gasteiger partial charge is 0.416 e. The summed E-state index contributed by atoms with van der Waals surface area (Å²) in [5.41, 5.74) is 0.334. The predicted molar refractivity (Wildman–Crippen MR) is 164 cm³/mol. The molecule has 0 aliphatic carbocycles. The van der Waals surface area contributed by atoms with E-state index in [1.54, 1.807) is 66.7 Å². The summed E-state index contributed by atoms with van der Waals surface area (Å²) in [6.07, 6.45) is -3.08. The van der Waals surface area contributed by atoms with E-state index in [1.165, 1.54) is 24.3 Å². The van der Waals surface area contributed by atoms with Gasteiger partial charge in [-0.3, -0.25) is 14.4 Å². The van der Waals surface area contributed by atoms with Crippen molar-refractivity contribution in [1.82, 2.24) is 5.32 Å². The Hall–Kier alpha value is -4.25. The van der Waals surface area contributed by atoms with E-state index in [2.05, 4.69) is 16.0 Å². The van der Waals surface area contributed by atoms with Crippen molar-refractivity contribution in [2.45, 2.75) is 11.1 Å². The fourth-order valence-corrected chi connectivity index (χ4v) is 4.83. The first-order valence-corrected chi connectivity index (χ1v) is 14.3. The highest BCUT2D eigenvalue weighted by Gasteiger charge is 2.30. The Morgan fingerprint density at radius 1 is 0.791 bits per heavy atom. The second-order valence-electron chi connectivity index (χ2n) is 8.94. The molecule has 4 aromatic rings. The Kier molecular flexibility index (Phi) is 10.5. The van der Waals surface area contributed by atoms with Gasteiger partial charge in [0.2, 0.25) is 5.91 Å². The molecule has 0 aliphatic rings. The molecule has 43 heavy (non-hydrogen) atoms. The van der Waals surface area contributed by atoms with Gasteiger partial charge in [-0.2, -0.15) is 13.2 Å². The highest BCUT2D eigenvalue weighted by molar-refractivity contribution is 8.00. The minimum atomic E-state index is -4.51. The smallest absolute Gasteiger partial charge is 0.325 e. The van der Waals surface area contributed by atoms with Crippen molar-refractivity contribution in [3.63, 3.8) is 0 Å². The molecule has 4 aromatic carbocycles. The maximum Gasteiger partial charge on any atom is 0.416 e. The number of halogens is 5. The van der Waals surface area contributed by atoms with E-state index in [0.717, 1.165) is 23.9 Å². The number of carbonyl (C=O) groups is 3. The lowest BCUT2D eigenvalue weighted by Gasteiger charge is -2.12. The number of rotatable bonds is 9. The van der Waals surface area contributed by atoms with Crippen molar-refractivity contribution >= 4 is 70.1 Å². The molecule has 6 nitrogen and oxygen atoms in total. The van der Waals surface area contributed by atoms with Gasteiger partial charge in [-0.25, -0.2) is 0 Å². The van der Waals surface area contributed by atoms with Crippen LogP contribution in [0.4, 0.5) is 24.5 Å². The first-order valence-electron chi connectivity index (χ1n) is 12.5. The molecule has 3 N–H and O–H groups in total. The molecule has 0 atom stereocenters. The van der Waals surface area contributed by atoms with Crippen LogP contribution in [0.3, 0.4) is 0 Å². The number of hydrogen-bond donors (Lipinski definition) is 3. The highest BCUT2D eigenvalue weighted by Crippen LogP contribution is 2.31. The van der Waals surface area contributed by atoms with Gasteiger partial charge in [0.15, 0.2) is 0 Å². The molecule has 0 bridgehead atoms. The maximum absolute atomic E-state index is 13.2. The number of benzene rings is 4. The van der Waals surface area contributed by atoms with Gasteiger partial charge in [-0.1, -0.05) is 53.5 Å². The van der Waals surface area contributed by atoms with Gasteiger partial charge in [-0.15, -0.1) is 11.8 Å².